The number of allylic oxidation sites excluding steroid dienone is 1. The summed E-state index contributed by atoms with van der Waals surface area (Å²) in [4.78, 5) is 11.7. The third-order valence-electron chi connectivity index (χ3n) is 1.71. The van der Waals surface area contributed by atoms with Gasteiger partial charge in [0.05, 0.1) is 4.34 Å². The van der Waals surface area contributed by atoms with E-state index in [4.69, 9.17) is 11.6 Å². The van der Waals surface area contributed by atoms with Gasteiger partial charge in [0.2, 0.25) is 0 Å². The SMILES string of the molecule is CC(C)/C(C=O)=C/c1ccc(Cl)s1. The van der Waals surface area contributed by atoms with E-state index in [1.54, 1.807) is 0 Å². The predicted octanol–water partition coefficient (Wildman–Crippen LogP) is 3.64. The van der Waals surface area contributed by atoms with Crippen LogP contribution in [0.4, 0.5) is 0 Å². The molecule has 13 heavy (non-hydrogen) atoms. The lowest BCUT2D eigenvalue weighted by Gasteiger charge is -2.01. The van der Waals surface area contributed by atoms with Crippen molar-refractivity contribution >= 4 is 35.3 Å². The van der Waals surface area contributed by atoms with Gasteiger partial charge >= 0.3 is 0 Å². The normalized spacial score (nSPS) is 12.2. The lowest BCUT2D eigenvalue weighted by atomic mass is 10.0. The molecule has 0 aliphatic rings. The van der Waals surface area contributed by atoms with Gasteiger partial charge < -0.3 is 0 Å². The van der Waals surface area contributed by atoms with Crippen molar-refractivity contribution < 1.29 is 4.79 Å². The predicted molar refractivity (Wildman–Crippen MR) is 58.2 cm³/mol. The summed E-state index contributed by atoms with van der Waals surface area (Å²) >= 11 is 7.25. The Labute approximate surface area is 87.0 Å². The van der Waals surface area contributed by atoms with Crippen LogP contribution in [-0.4, -0.2) is 6.29 Å². The second-order valence-electron chi connectivity index (χ2n) is 3.06. The standard InChI is InChI=1S/C10H11ClOS/c1-7(2)8(6-12)5-9-3-4-10(11)13-9/h3-7H,1-2H3/b8-5+. The van der Waals surface area contributed by atoms with Gasteiger partial charge in [-0.2, -0.15) is 0 Å². The summed E-state index contributed by atoms with van der Waals surface area (Å²) in [6, 6.07) is 3.75. The maximum atomic E-state index is 10.7. The number of carbonyl (C=O) groups excluding carboxylic acids is 1. The quantitative estimate of drug-likeness (QED) is 0.555. The lowest BCUT2D eigenvalue weighted by Crippen LogP contribution is -1.93. The first-order chi connectivity index (χ1) is 6.13. The van der Waals surface area contributed by atoms with Gasteiger partial charge in [-0.3, -0.25) is 4.79 Å². The molecule has 0 saturated heterocycles. The molecule has 70 valence electrons. The topological polar surface area (TPSA) is 17.1 Å². The summed E-state index contributed by atoms with van der Waals surface area (Å²) in [6.07, 6.45) is 2.78. The molecule has 0 fully saturated rings. The molecule has 1 nitrogen and oxygen atoms in total. The van der Waals surface area contributed by atoms with Crippen LogP contribution < -0.4 is 0 Å². The minimum absolute atomic E-state index is 0.262. The first-order valence-electron chi connectivity index (χ1n) is 4.05. The van der Waals surface area contributed by atoms with E-state index < -0.39 is 0 Å². The summed E-state index contributed by atoms with van der Waals surface area (Å²) in [5.41, 5.74) is 0.804. The van der Waals surface area contributed by atoms with Crippen LogP contribution in [0.15, 0.2) is 17.7 Å². The number of carbonyl (C=O) groups is 1. The largest absolute Gasteiger partial charge is 0.298 e. The zero-order chi connectivity index (χ0) is 9.84. The van der Waals surface area contributed by atoms with E-state index in [1.165, 1.54) is 11.3 Å². The zero-order valence-electron chi connectivity index (χ0n) is 7.58. The molecule has 1 aromatic rings. The van der Waals surface area contributed by atoms with Crippen LogP contribution in [0.5, 0.6) is 0 Å². The van der Waals surface area contributed by atoms with E-state index in [2.05, 4.69) is 0 Å². The van der Waals surface area contributed by atoms with E-state index in [0.717, 1.165) is 21.1 Å². The molecule has 0 N–H and O–H groups in total. The third kappa shape index (κ3) is 2.98. The van der Waals surface area contributed by atoms with Crippen molar-refractivity contribution in [1.82, 2.24) is 0 Å². The molecule has 0 aliphatic carbocycles. The van der Waals surface area contributed by atoms with Crippen molar-refractivity contribution in [3.63, 3.8) is 0 Å². The van der Waals surface area contributed by atoms with Crippen LogP contribution in [0.25, 0.3) is 6.08 Å². The molecule has 1 rings (SSSR count). The summed E-state index contributed by atoms with van der Waals surface area (Å²) in [6.45, 7) is 3.99. The molecule has 1 aromatic heterocycles. The molecular weight excluding hydrogens is 204 g/mol. The van der Waals surface area contributed by atoms with E-state index in [-0.39, 0.29) is 5.92 Å². The zero-order valence-corrected chi connectivity index (χ0v) is 9.15. The second-order valence-corrected chi connectivity index (χ2v) is 4.81. The van der Waals surface area contributed by atoms with Gasteiger partial charge in [-0.1, -0.05) is 25.4 Å². The Balaban J connectivity index is 2.91. The van der Waals surface area contributed by atoms with Crippen LogP contribution in [-0.2, 0) is 4.79 Å². The summed E-state index contributed by atoms with van der Waals surface area (Å²) < 4.78 is 0.750. The highest BCUT2D eigenvalue weighted by Gasteiger charge is 2.02. The Bertz CT molecular complexity index is 325. The summed E-state index contributed by atoms with van der Waals surface area (Å²) in [5, 5.41) is 0. The van der Waals surface area contributed by atoms with Gasteiger partial charge in [-0.25, -0.2) is 0 Å². The monoisotopic (exact) mass is 214 g/mol. The minimum Gasteiger partial charge on any atom is -0.298 e. The van der Waals surface area contributed by atoms with Crippen molar-refractivity contribution in [2.24, 2.45) is 5.92 Å². The van der Waals surface area contributed by atoms with Crippen LogP contribution in [0.2, 0.25) is 4.34 Å². The van der Waals surface area contributed by atoms with Gasteiger partial charge in [0.1, 0.15) is 6.29 Å². The molecule has 0 bridgehead atoms. The fraction of sp³-hybridized carbons (Fsp3) is 0.300. The third-order valence-corrected chi connectivity index (χ3v) is 2.88. The fourth-order valence-electron chi connectivity index (χ4n) is 0.907. The molecule has 1 heterocycles. The maximum absolute atomic E-state index is 10.7. The van der Waals surface area contributed by atoms with E-state index in [9.17, 15) is 4.79 Å². The number of halogens is 1. The first-order valence-corrected chi connectivity index (χ1v) is 5.25. The van der Waals surface area contributed by atoms with E-state index >= 15 is 0 Å². The van der Waals surface area contributed by atoms with Crippen molar-refractivity contribution in [1.29, 1.82) is 0 Å². The molecule has 0 radical (unpaired) electrons. The summed E-state index contributed by atoms with van der Waals surface area (Å²) in [5.74, 6) is 0.262. The molecule has 0 aliphatic heterocycles. The fourth-order valence-corrected chi connectivity index (χ4v) is 1.93. The number of hydrogen-bond donors (Lipinski definition) is 0. The summed E-state index contributed by atoms with van der Waals surface area (Å²) in [7, 11) is 0. The van der Waals surface area contributed by atoms with Gasteiger partial charge in [0, 0.05) is 4.88 Å². The van der Waals surface area contributed by atoms with Crippen LogP contribution in [0.1, 0.15) is 18.7 Å². The highest BCUT2D eigenvalue weighted by atomic mass is 35.5. The van der Waals surface area contributed by atoms with Gasteiger partial charge in [0.25, 0.3) is 0 Å². The maximum Gasteiger partial charge on any atom is 0.146 e. The number of thiophene rings is 1. The molecular formula is C10H11ClOS. The number of aldehydes is 1. The smallest absolute Gasteiger partial charge is 0.146 e. The second kappa shape index (κ2) is 4.58. The van der Waals surface area contributed by atoms with Crippen molar-refractivity contribution in [3.8, 4) is 0 Å². The van der Waals surface area contributed by atoms with Gasteiger partial charge in [0.15, 0.2) is 0 Å². The molecule has 0 saturated carbocycles. The molecule has 0 aromatic carbocycles. The molecule has 0 unspecified atom stereocenters. The van der Waals surface area contributed by atoms with E-state index in [0.29, 0.717) is 0 Å². The average Bonchev–Trinajstić information content (AvgIpc) is 2.46. The van der Waals surface area contributed by atoms with E-state index in [1.807, 2.05) is 32.1 Å². The molecule has 0 atom stereocenters. The van der Waals surface area contributed by atoms with Crippen molar-refractivity contribution in [2.45, 2.75) is 13.8 Å². The van der Waals surface area contributed by atoms with Crippen molar-refractivity contribution in [3.05, 3.63) is 26.9 Å². The molecule has 0 amide bonds. The van der Waals surface area contributed by atoms with Gasteiger partial charge in [-0.15, -0.1) is 11.3 Å². The Morgan fingerprint density at radius 1 is 1.54 bits per heavy atom. The highest BCUT2D eigenvalue weighted by Crippen LogP contribution is 2.24. The Hall–Kier alpha value is -0.600. The minimum atomic E-state index is 0.262. The van der Waals surface area contributed by atoms with Gasteiger partial charge in [-0.05, 0) is 29.7 Å². The number of rotatable bonds is 3. The van der Waals surface area contributed by atoms with Crippen LogP contribution in [0.3, 0.4) is 0 Å². The Kier molecular flexibility index (Phi) is 3.70. The number of hydrogen-bond acceptors (Lipinski definition) is 2. The average molecular weight is 215 g/mol. The Morgan fingerprint density at radius 2 is 2.23 bits per heavy atom. The molecule has 3 heteroatoms. The first kappa shape index (κ1) is 10.5. The Morgan fingerprint density at radius 3 is 2.62 bits per heavy atom. The molecule has 0 spiro atoms. The van der Waals surface area contributed by atoms with Crippen molar-refractivity contribution in [2.75, 3.05) is 0 Å². The van der Waals surface area contributed by atoms with Crippen LogP contribution in [0, 0.1) is 5.92 Å². The highest BCUT2D eigenvalue weighted by molar-refractivity contribution is 7.17. The van der Waals surface area contributed by atoms with Crippen LogP contribution >= 0.6 is 22.9 Å². The lowest BCUT2D eigenvalue weighted by molar-refractivity contribution is -0.105.